The summed E-state index contributed by atoms with van der Waals surface area (Å²) in [6, 6.07) is 5.14. The number of nitrogens with zero attached hydrogens (tertiary/aromatic N) is 3. The summed E-state index contributed by atoms with van der Waals surface area (Å²) in [5.74, 6) is 2.37. The standard InChI is InChI=1S/C21H28N4O4S/c1-6-11-30-21-23-20-22-13(4)17(19(26)29-8-3)18(25(20)24-21)14-9-10-15(27-5)16(12-14)28-7-2/h9-10,12,18H,6-8,11H2,1-5H3,(H,22,23,24). The Bertz CT molecular complexity index is 941. The molecule has 1 aromatic carbocycles. The van der Waals surface area contributed by atoms with Crippen molar-refractivity contribution >= 4 is 23.7 Å². The topological polar surface area (TPSA) is 87.5 Å². The number of aromatic nitrogens is 3. The lowest BCUT2D eigenvalue weighted by Crippen LogP contribution is -2.29. The molecule has 1 aromatic heterocycles. The molecule has 1 aliphatic heterocycles. The molecular weight excluding hydrogens is 404 g/mol. The van der Waals surface area contributed by atoms with E-state index in [0.717, 1.165) is 17.7 Å². The maximum Gasteiger partial charge on any atom is 0.338 e. The van der Waals surface area contributed by atoms with Gasteiger partial charge in [0.05, 0.1) is 25.9 Å². The van der Waals surface area contributed by atoms with Crippen molar-refractivity contribution in [1.29, 1.82) is 0 Å². The number of thioether (sulfide) groups is 1. The van der Waals surface area contributed by atoms with Crippen LogP contribution in [0.5, 0.6) is 11.5 Å². The first-order valence-electron chi connectivity index (χ1n) is 10.1. The molecule has 0 radical (unpaired) electrons. The van der Waals surface area contributed by atoms with Crippen LogP contribution in [0.15, 0.2) is 34.6 Å². The molecule has 9 heteroatoms. The zero-order valence-corrected chi connectivity index (χ0v) is 18.8. The van der Waals surface area contributed by atoms with E-state index in [1.54, 1.807) is 30.5 Å². The smallest absolute Gasteiger partial charge is 0.338 e. The summed E-state index contributed by atoms with van der Waals surface area (Å²) in [6.45, 7) is 8.46. The van der Waals surface area contributed by atoms with Gasteiger partial charge in [0, 0.05) is 11.4 Å². The largest absolute Gasteiger partial charge is 0.493 e. The number of rotatable bonds is 9. The van der Waals surface area contributed by atoms with Crippen molar-refractivity contribution in [3.05, 3.63) is 35.0 Å². The van der Waals surface area contributed by atoms with Crippen molar-refractivity contribution in [1.82, 2.24) is 14.8 Å². The maximum atomic E-state index is 12.9. The molecule has 0 saturated carbocycles. The number of hydrogen-bond donors (Lipinski definition) is 1. The van der Waals surface area contributed by atoms with Gasteiger partial charge >= 0.3 is 5.97 Å². The number of esters is 1. The Morgan fingerprint density at radius 1 is 1.23 bits per heavy atom. The van der Waals surface area contributed by atoms with Gasteiger partial charge in [0.2, 0.25) is 11.1 Å². The molecule has 0 bridgehead atoms. The van der Waals surface area contributed by atoms with Crippen molar-refractivity contribution < 1.29 is 19.0 Å². The lowest BCUT2D eigenvalue weighted by Gasteiger charge is -2.28. The van der Waals surface area contributed by atoms with Crippen molar-refractivity contribution in [2.45, 2.75) is 45.3 Å². The van der Waals surface area contributed by atoms with Crippen LogP contribution in [-0.2, 0) is 9.53 Å². The van der Waals surface area contributed by atoms with Gasteiger partial charge in [0.15, 0.2) is 11.5 Å². The van der Waals surface area contributed by atoms with E-state index in [9.17, 15) is 4.79 Å². The molecule has 0 fully saturated rings. The molecule has 3 rings (SSSR count). The van der Waals surface area contributed by atoms with E-state index in [0.29, 0.717) is 40.5 Å². The second-order valence-corrected chi connectivity index (χ2v) is 7.70. The highest BCUT2D eigenvalue weighted by Gasteiger charge is 2.35. The van der Waals surface area contributed by atoms with E-state index in [1.165, 1.54) is 0 Å². The van der Waals surface area contributed by atoms with E-state index in [-0.39, 0.29) is 12.6 Å². The van der Waals surface area contributed by atoms with Crippen LogP contribution < -0.4 is 14.8 Å². The van der Waals surface area contributed by atoms with Gasteiger partial charge in [0.1, 0.15) is 6.04 Å². The Kier molecular flexibility index (Phi) is 7.25. The lowest BCUT2D eigenvalue weighted by molar-refractivity contribution is -0.139. The molecule has 0 aliphatic carbocycles. The van der Waals surface area contributed by atoms with Crippen LogP contribution in [0, 0.1) is 0 Å². The summed E-state index contributed by atoms with van der Waals surface area (Å²) in [5, 5.41) is 8.56. The molecule has 162 valence electrons. The average molecular weight is 433 g/mol. The lowest BCUT2D eigenvalue weighted by atomic mass is 9.95. The van der Waals surface area contributed by atoms with Crippen molar-refractivity contribution in [3.63, 3.8) is 0 Å². The van der Waals surface area contributed by atoms with Crippen molar-refractivity contribution in [3.8, 4) is 11.5 Å². The van der Waals surface area contributed by atoms with Gasteiger partial charge in [-0.3, -0.25) is 0 Å². The SMILES string of the molecule is CCCSc1nc2n(n1)C(c1ccc(OC)c(OCC)c1)C(C(=O)OCC)=C(C)N2. The van der Waals surface area contributed by atoms with Crippen LogP contribution in [-0.4, -0.2) is 46.8 Å². The minimum atomic E-state index is -0.492. The average Bonchev–Trinajstić information content (AvgIpc) is 3.13. The molecular formula is C21H28N4O4S. The number of nitrogens with one attached hydrogen (secondary N) is 1. The Morgan fingerprint density at radius 3 is 2.70 bits per heavy atom. The molecule has 8 nitrogen and oxygen atoms in total. The van der Waals surface area contributed by atoms with Crippen LogP contribution in [0.1, 0.15) is 45.7 Å². The first-order valence-corrected chi connectivity index (χ1v) is 11.1. The number of allylic oxidation sites excluding steroid dienone is 1. The van der Waals surface area contributed by atoms with Crippen LogP contribution in [0.25, 0.3) is 0 Å². The zero-order chi connectivity index (χ0) is 21.7. The number of anilines is 1. The third-order valence-corrected chi connectivity index (χ3v) is 5.61. The van der Waals surface area contributed by atoms with E-state index < -0.39 is 6.04 Å². The maximum absolute atomic E-state index is 12.9. The van der Waals surface area contributed by atoms with Crippen molar-refractivity contribution in [2.24, 2.45) is 0 Å². The number of hydrogen-bond acceptors (Lipinski definition) is 8. The fourth-order valence-electron chi connectivity index (χ4n) is 3.30. The highest BCUT2D eigenvalue weighted by Crippen LogP contribution is 2.39. The number of carbonyl (C=O) groups excluding carboxylic acids is 1. The minimum Gasteiger partial charge on any atom is -0.493 e. The molecule has 1 unspecified atom stereocenters. The minimum absolute atomic E-state index is 0.289. The number of fused-ring (bicyclic) bond motifs is 1. The molecule has 2 heterocycles. The van der Waals surface area contributed by atoms with Crippen LogP contribution in [0.3, 0.4) is 0 Å². The first-order chi connectivity index (χ1) is 14.5. The van der Waals surface area contributed by atoms with E-state index in [1.807, 2.05) is 32.0 Å². The summed E-state index contributed by atoms with van der Waals surface area (Å²) in [4.78, 5) is 17.5. The third-order valence-electron chi connectivity index (χ3n) is 4.57. The third kappa shape index (κ3) is 4.40. The molecule has 2 aromatic rings. The molecule has 1 aliphatic rings. The van der Waals surface area contributed by atoms with Gasteiger partial charge in [0.25, 0.3) is 0 Å². The summed E-state index contributed by atoms with van der Waals surface area (Å²) < 4.78 is 18.3. The zero-order valence-electron chi connectivity index (χ0n) is 18.0. The number of methoxy groups -OCH3 is 1. The van der Waals surface area contributed by atoms with Gasteiger partial charge in [-0.15, -0.1) is 5.10 Å². The fraction of sp³-hybridized carbons (Fsp3) is 0.476. The summed E-state index contributed by atoms with van der Waals surface area (Å²) in [6.07, 6.45) is 1.02. The van der Waals surface area contributed by atoms with E-state index in [4.69, 9.17) is 14.2 Å². The molecule has 1 atom stereocenters. The van der Waals surface area contributed by atoms with Crippen molar-refractivity contribution in [2.75, 3.05) is 31.4 Å². The van der Waals surface area contributed by atoms with Crippen LogP contribution >= 0.6 is 11.8 Å². The van der Waals surface area contributed by atoms with Gasteiger partial charge in [-0.25, -0.2) is 9.48 Å². The normalized spacial score (nSPS) is 15.4. The number of ether oxygens (including phenoxy) is 3. The van der Waals surface area contributed by atoms with Gasteiger partial charge < -0.3 is 19.5 Å². The second-order valence-electron chi connectivity index (χ2n) is 6.64. The highest BCUT2D eigenvalue weighted by molar-refractivity contribution is 7.99. The second kappa shape index (κ2) is 9.88. The molecule has 1 N–H and O–H groups in total. The van der Waals surface area contributed by atoms with Gasteiger partial charge in [-0.1, -0.05) is 24.8 Å². The van der Waals surface area contributed by atoms with E-state index >= 15 is 0 Å². The van der Waals surface area contributed by atoms with Crippen LogP contribution in [0.2, 0.25) is 0 Å². The van der Waals surface area contributed by atoms with E-state index in [2.05, 4.69) is 22.3 Å². The highest BCUT2D eigenvalue weighted by atomic mass is 32.2. The number of carbonyl (C=O) groups is 1. The Hall–Kier alpha value is -2.68. The summed E-state index contributed by atoms with van der Waals surface area (Å²) >= 11 is 1.59. The van der Waals surface area contributed by atoms with Gasteiger partial charge in [-0.05, 0) is 44.9 Å². The molecule has 0 saturated heterocycles. The fourth-order valence-corrected chi connectivity index (χ4v) is 3.98. The predicted molar refractivity (Wildman–Crippen MR) is 116 cm³/mol. The van der Waals surface area contributed by atoms with Gasteiger partial charge in [-0.2, -0.15) is 4.98 Å². The quantitative estimate of drug-likeness (QED) is 0.469. The Morgan fingerprint density at radius 2 is 2.03 bits per heavy atom. The molecule has 0 spiro atoms. The Balaban J connectivity index is 2.13. The summed E-state index contributed by atoms with van der Waals surface area (Å²) in [7, 11) is 1.60. The molecule has 0 amide bonds. The first kappa shape index (κ1) is 22.0. The Labute approximate surface area is 181 Å². The molecule has 30 heavy (non-hydrogen) atoms. The van der Waals surface area contributed by atoms with Crippen LogP contribution in [0.4, 0.5) is 5.95 Å². The predicted octanol–water partition coefficient (Wildman–Crippen LogP) is 4.04. The monoisotopic (exact) mass is 432 g/mol. The summed E-state index contributed by atoms with van der Waals surface area (Å²) in [5.41, 5.74) is 2.02. The number of benzene rings is 1.